The predicted octanol–water partition coefficient (Wildman–Crippen LogP) is 3.88. The average molecular weight is 374 g/mol. The van der Waals surface area contributed by atoms with E-state index < -0.39 is 11.9 Å². The van der Waals surface area contributed by atoms with Crippen LogP contribution in [0.25, 0.3) is 0 Å². The first-order valence-corrected chi connectivity index (χ1v) is 8.08. The van der Waals surface area contributed by atoms with E-state index in [4.69, 9.17) is 43.0 Å². The van der Waals surface area contributed by atoms with Gasteiger partial charge in [-0.2, -0.15) is 0 Å². The number of carboxylic acids is 2. The summed E-state index contributed by atoms with van der Waals surface area (Å²) in [5.74, 6) is -2.70. The molecule has 8 heteroatoms. The van der Waals surface area contributed by atoms with E-state index in [9.17, 15) is 0 Å². The van der Waals surface area contributed by atoms with Gasteiger partial charge in [-0.1, -0.05) is 29.3 Å². The quantitative estimate of drug-likeness (QED) is 0.624. The van der Waals surface area contributed by atoms with Crippen LogP contribution >= 0.6 is 35.0 Å². The third-order valence-electron chi connectivity index (χ3n) is 2.49. The van der Waals surface area contributed by atoms with E-state index in [1.165, 1.54) is 5.56 Å². The first-order valence-electron chi connectivity index (χ1n) is 6.33. The second-order valence-corrected chi connectivity index (χ2v) is 6.03. The zero-order valence-corrected chi connectivity index (χ0v) is 14.1. The van der Waals surface area contributed by atoms with Crippen molar-refractivity contribution in [3.63, 3.8) is 0 Å². The molecule has 0 spiro atoms. The summed E-state index contributed by atoms with van der Waals surface area (Å²) in [5.41, 5.74) is 1.27. The number of rotatable bonds is 4. The Morgan fingerprint density at radius 1 is 1.00 bits per heavy atom. The van der Waals surface area contributed by atoms with Crippen molar-refractivity contribution >= 4 is 46.9 Å². The standard InChI is InChI=1S/C13H11Cl2NS.C2H2O4/c14-11-2-1-3-12(15)13(11)17-9-6-10-4-7-16-8-5-10;3-1(4)2(5)6/h1-5,7-8H,6,9H2;(H,3,4)(H,5,6). The maximum atomic E-state index is 9.10. The van der Waals surface area contributed by atoms with Crippen LogP contribution in [0, 0.1) is 0 Å². The lowest BCUT2D eigenvalue weighted by Gasteiger charge is -2.06. The number of nitrogens with zero attached hydrogens (tertiary/aromatic N) is 1. The highest BCUT2D eigenvalue weighted by atomic mass is 35.5. The van der Waals surface area contributed by atoms with E-state index in [1.807, 2.05) is 42.7 Å². The molecule has 1 heterocycles. The fourth-order valence-electron chi connectivity index (χ4n) is 1.44. The Balaban J connectivity index is 0.000000379. The van der Waals surface area contributed by atoms with Crippen LogP contribution < -0.4 is 0 Å². The Morgan fingerprint density at radius 3 is 2.00 bits per heavy atom. The van der Waals surface area contributed by atoms with Gasteiger partial charge in [0.25, 0.3) is 0 Å². The van der Waals surface area contributed by atoms with Crippen LogP contribution in [-0.2, 0) is 16.0 Å². The Hall–Kier alpha value is -1.76. The summed E-state index contributed by atoms with van der Waals surface area (Å²) in [6.07, 6.45) is 4.60. The number of aromatic nitrogens is 1. The number of aliphatic carboxylic acids is 2. The number of hydrogen-bond donors (Lipinski definition) is 2. The number of carbonyl (C=O) groups is 2. The minimum absolute atomic E-state index is 0.720. The summed E-state index contributed by atoms with van der Waals surface area (Å²) in [4.78, 5) is 23.2. The maximum Gasteiger partial charge on any atom is 0.414 e. The van der Waals surface area contributed by atoms with Crippen LogP contribution in [-0.4, -0.2) is 32.9 Å². The molecule has 2 aromatic rings. The minimum atomic E-state index is -1.82. The van der Waals surface area contributed by atoms with Crippen LogP contribution in [0.1, 0.15) is 5.56 Å². The number of aryl methyl sites for hydroxylation is 1. The highest BCUT2D eigenvalue weighted by Crippen LogP contribution is 2.34. The summed E-state index contributed by atoms with van der Waals surface area (Å²) in [6, 6.07) is 9.63. The molecule has 122 valence electrons. The van der Waals surface area contributed by atoms with Gasteiger partial charge in [0.15, 0.2) is 0 Å². The molecule has 0 fully saturated rings. The highest BCUT2D eigenvalue weighted by Gasteiger charge is 2.05. The molecule has 1 aromatic heterocycles. The van der Waals surface area contributed by atoms with Gasteiger partial charge in [-0.15, -0.1) is 11.8 Å². The van der Waals surface area contributed by atoms with Crippen LogP contribution in [0.15, 0.2) is 47.6 Å². The van der Waals surface area contributed by atoms with Crippen molar-refractivity contribution in [3.8, 4) is 0 Å². The zero-order valence-electron chi connectivity index (χ0n) is 11.8. The molecule has 2 rings (SSSR count). The van der Waals surface area contributed by atoms with Crippen molar-refractivity contribution in [2.45, 2.75) is 11.3 Å². The van der Waals surface area contributed by atoms with Gasteiger partial charge in [0, 0.05) is 23.0 Å². The van der Waals surface area contributed by atoms with Gasteiger partial charge in [-0.05, 0) is 36.2 Å². The van der Waals surface area contributed by atoms with Crippen molar-refractivity contribution in [3.05, 3.63) is 58.3 Å². The number of benzene rings is 1. The molecule has 0 unspecified atom stereocenters. The van der Waals surface area contributed by atoms with Crippen LogP contribution in [0.5, 0.6) is 0 Å². The molecular formula is C15H13Cl2NO4S. The minimum Gasteiger partial charge on any atom is -0.473 e. The van der Waals surface area contributed by atoms with Crippen LogP contribution in [0.4, 0.5) is 0 Å². The molecule has 0 radical (unpaired) electrons. The number of carboxylic acid groups (broad SMARTS) is 2. The molecule has 2 N–H and O–H groups in total. The molecule has 0 aliphatic heterocycles. The van der Waals surface area contributed by atoms with Crippen molar-refractivity contribution in [2.75, 3.05) is 5.75 Å². The zero-order chi connectivity index (χ0) is 17.2. The fraction of sp³-hybridized carbons (Fsp3) is 0.133. The molecule has 0 bridgehead atoms. The number of thioether (sulfide) groups is 1. The normalized spacial score (nSPS) is 9.65. The summed E-state index contributed by atoms with van der Waals surface area (Å²) < 4.78 is 0. The molecule has 0 saturated heterocycles. The molecule has 23 heavy (non-hydrogen) atoms. The number of halogens is 2. The largest absolute Gasteiger partial charge is 0.473 e. The van der Waals surface area contributed by atoms with Gasteiger partial charge < -0.3 is 10.2 Å². The molecule has 1 aromatic carbocycles. The van der Waals surface area contributed by atoms with E-state index in [-0.39, 0.29) is 0 Å². The van der Waals surface area contributed by atoms with Crippen molar-refractivity contribution < 1.29 is 19.8 Å². The first-order chi connectivity index (χ1) is 10.9. The number of pyridine rings is 1. The van der Waals surface area contributed by atoms with E-state index in [0.29, 0.717) is 0 Å². The van der Waals surface area contributed by atoms with E-state index in [1.54, 1.807) is 11.8 Å². The van der Waals surface area contributed by atoms with Crippen LogP contribution in [0.3, 0.4) is 0 Å². The maximum absolute atomic E-state index is 9.10. The molecule has 0 atom stereocenters. The SMILES string of the molecule is Clc1cccc(Cl)c1SCCc1ccncc1.O=C(O)C(=O)O. The van der Waals surface area contributed by atoms with E-state index >= 15 is 0 Å². The van der Waals surface area contributed by atoms with Crippen molar-refractivity contribution in [1.29, 1.82) is 0 Å². The smallest absolute Gasteiger partial charge is 0.414 e. The average Bonchev–Trinajstić information content (AvgIpc) is 2.52. The van der Waals surface area contributed by atoms with Gasteiger partial charge in [0.05, 0.1) is 10.0 Å². The molecule has 0 aliphatic rings. The molecule has 5 nitrogen and oxygen atoms in total. The monoisotopic (exact) mass is 373 g/mol. The predicted molar refractivity (Wildman–Crippen MR) is 90.4 cm³/mol. The number of hydrogen-bond acceptors (Lipinski definition) is 4. The third-order valence-corrected chi connectivity index (χ3v) is 4.48. The molecular weight excluding hydrogens is 361 g/mol. The van der Waals surface area contributed by atoms with Gasteiger partial charge in [-0.25, -0.2) is 9.59 Å². The summed E-state index contributed by atoms with van der Waals surface area (Å²) in [7, 11) is 0. The van der Waals surface area contributed by atoms with Gasteiger partial charge >= 0.3 is 11.9 Å². The van der Waals surface area contributed by atoms with Gasteiger partial charge in [-0.3, -0.25) is 4.98 Å². The Kier molecular flexibility index (Phi) is 8.47. The van der Waals surface area contributed by atoms with Crippen molar-refractivity contribution in [2.24, 2.45) is 0 Å². The lowest BCUT2D eigenvalue weighted by molar-refractivity contribution is -0.159. The molecule has 0 saturated carbocycles. The Labute approximate surface area is 147 Å². The van der Waals surface area contributed by atoms with Crippen molar-refractivity contribution in [1.82, 2.24) is 4.98 Å². The van der Waals surface area contributed by atoms with E-state index in [2.05, 4.69) is 4.98 Å². The second kappa shape index (κ2) is 10.1. The Bertz CT molecular complexity index is 636. The van der Waals surface area contributed by atoms with Gasteiger partial charge in [0.1, 0.15) is 0 Å². The summed E-state index contributed by atoms with van der Waals surface area (Å²) >= 11 is 13.9. The third kappa shape index (κ3) is 7.36. The Morgan fingerprint density at radius 2 is 1.52 bits per heavy atom. The van der Waals surface area contributed by atoms with Gasteiger partial charge in [0.2, 0.25) is 0 Å². The summed E-state index contributed by atoms with van der Waals surface area (Å²) in [5, 5.41) is 16.2. The lowest BCUT2D eigenvalue weighted by atomic mass is 10.2. The lowest BCUT2D eigenvalue weighted by Crippen LogP contribution is -2.09. The molecule has 0 amide bonds. The highest BCUT2D eigenvalue weighted by molar-refractivity contribution is 7.99. The van der Waals surface area contributed by atoms with E-state index in [0.717, 1.165) is 27.1 Å². The first kappa shape index (κ1) is 19.3. The second-order valence-electron chi connectivity index (χ2n) is 4.12. The molecule has 0 aliphatic carbocycles. The fourth-order valence-corrected chi connectivity index (χ4v) is 3.12. The van der Waals surface area contributed by atoms with Crippen LogP contribution in [0.2, 0.25) is 10.0 Å². The summed E-state index contributed by atoms with van der Waals surface area (Å²) in [6.45, 7) is 0. The topological polar surface area (TPSA) is 87.5 Å².